The highest BCUT2D eigenvalue weighted by atomic mass is 32.2. The third kappa shape index (κ3) is 2.75. The molecule has 1 aromatic heterocycles. The van der Waals surface area contributed by atoms with Crippen LogP contribution in [0.1, 0.15) is 11.1 Å². The van der Waals surface area contributed by atoms with E-state index in [0.29, 0.717) is 5.82 Å². The van der Waals surface area contributed by atoms with Crippen molar-refractivity contribution in [1.82, 2.24) is 9.97 Å². The summed E-state index contributed by atoms with van der Waals surface area (Å²) >= 11 is 1.61. The minimum absolute atomic E-state index is 0.662. The average Bonchev–Trinajstić information content (AvgIpc) is 2.35. The molecule has 3 N–H and O–H groups in total. The quantitative estimate of drug-likeness (QED) is 0.495. The van der Waals surface area contributed by atoms with Crippen molar-refractivity contribution in [1.29, 1.82) is 0 Å². The van der Waals surface area contributed by atoms with E-state index in [1.54, 1.807) is 11.8 Å². The molecule has 0 aliphatic carbocycles. The third-order valence-electron chi connectivity index (χ3n) is 2.41. The van der Waals surface area contributed by atoms with E-state index in [4.69, 9.17) is 5.84 Å². The molecule has 2 rings (SSSR count). The Labute approximate surface area is 105 Å². The molecule has 88 valence electrons. The first-order chi connectivity index (χ1) is 8.20. The van der Waals surface area contributed by atoms with Crippen LogP contribution < -0.4 is 11.3 Å². The molecule has 5 heteroatoms. The molecule has 0 atom stereocenters. The largest absolute Gasteiger partial charge is 0.308 e. The van der Waals surface area contributed by atoms with Crippen molar-refractivity contribution in [3.8, 4) is 0 Å². The standard InChI is InChI=1S/C12H14N4S/c1-8-3-5-10(6-4-8)17-12-9(2)11(16-13)14-7-15-12/h3-7H,13H2,1-2H3,(H,14,15,16). The summed E-state index contributed by atoms with van der Waals surface area (Å²) < 4.78 is 0. The van der Waals surface area contributed by atoms with E-state index in [-0.39, 0.29) is 0 Å². The van der Waals surface area contributed by atoms with Gasteiger partial charge >= 0.3 is 0 Å². The second-order valence-electron chi connectivity index (χ2n) is 3.71. The van der Waals surface area contributed by atoms with Crippen LogP contribution in [0.3, 0.4) is 0 Å². The molecule has 17 heavy (non-hydrogen) atoms. The first-order valence-electron chi connectivity index (χ1n) is 5.23. The molecule has 0 bridgehead atoms. The number of hydrazine groups is 1. The number of hydrogen-bond donors (Lipinski definition) is 2. The molecule has 0 amide bonds. The lowest BCUT2D eigenvalue weighted by Gasteiger charge is -2.08. The maximum atomic E-state index is 5.38. The van der Waals surface area contributed by atoms with Crippen molar-refractivity contribution in [3.05, 3.63) is 41.7 Å². The molecule has 2 aromatic rings. The second kappa shape index (κ2) is 5.16. The zero-order valence-corrected chi connectivity index (χ0v) is 10.6. The lowest BCUT2D eigenvalue weighted by atomic mass is 10.2. The molecular formula is C12H14N4S. The summed E-state index contributed by atoms with van der Waals surface area (Å²) in [7, 11) is 0. The Kier molecular flexibility index (Phi) is 3.61. The maximum absolute atomic E-state index is 5.38. The van der Waals surface area contributed by atoms with E-state index in [1.807, 2.05) is 6.92 Å². The van der Waals surface area contributed by atoms with Crippen LogP contribution in [-0.2, 0) is 0 Å². The summed E-state index contributed by atoms with van der Waals surface area (Å²) in [5.74, 6) is 6.04. The lowest BCUT2D eigenvalue weighted by Crippen LogP contribution is -2.10. The number of nitrogens with one attached hydrogen (secondary N) is 1. The predicted octanol–water partition coefficient (Wildman–Crippen LogP) is 2.53. The van der Waals surface area contributed by atoms with Crippen LogP contribution >= 0.6 is 11.8 Å². The van der Waals surface area contributed by atoms with E-state index in [9.17, 15) is 0 Å². The van der Waals surface area contributed by atoms with E-state index in [1.165, 1.54) is 11.9 Å². The van der Waals surface area contributed by atoms with Crippen LogP contribution in [0.5, 0.6) is 0 Å². The number of hydrogen-bond acceptors (Lipinski definition) is 5. The molecule has 0 unspecified atom stereocenters. The molecule has 0 aliphatic rings. The minimum atomic E-state index is 0.662. The summed E-state index contributed by atoms with van der Waals surface area (Å²) in [6, 6.07) is 8.33. The van der Waals surface area contributed by atoms with Gasteiger partial charge < -0.3 is 5.43 Å². The molecule has 0 fully saturated rings. The molecule has 1 heterocycles. The van der Waals surface area contributed by atoms with Crippen LogP contribution in [0.15, 0.2) is 40.5 Å². The zero-order chi connectivity index (χ0) is 12.3. The van der Waals surface area contributed by atoms with Crippen LogP contribution in [0, 0.1) is 13.8 Å². The number of nitrogen functional groups attached to an aromatic ring is 1. The Morgan fingerprint density at radius 1 is 1.12 bits per heavy atom. The van der Waals surface area contributed by atoms with Crippen LogP contribution in [0.4, 0.5) is 5.82 Å². The van der Waals surface area contributed by atoms with Crippen molar-refractivity contribution >= 4 is 17.6 Å². The van der Waals surface area contributed by atoms with Gasteiger partial charge in [-0.1, -0.05) is 29.5 Å². The fourth-order valence-corrected chi connectivity index (χ4v) is 2.25. The fraction of sp³-hybridized carbons (Fsp3) is 0.167. The normalized spacial score (nSPS) is 10.3. The molecule has 0 saturated heterocycles. The second-order valence-corrected chi connectivity index (χ2v) is 4.77. The number of aryl methyl sites for hydroxylation is 1. The Hall–Kier alpha value is -1.59. The Bertz CT molecular complexity index is 510. The minimum Gasteiger partial charge on any atom is -0.308 e. The molecule has 0 radical (unpaired) electrons. The van der Waals surface area contributed by atoms with Gasteiger partial charge in [-0.25, -0.2) is 15.8 Å². The molecule has 0 saturated carbocycles. The highest BCUT2D eigenvalue weighted by Crippen LogP contribution is 2.30. The summed E-state index contributed by atoms with van der Waals surface area (Å²) in [6.45, 7) is 4.02. The van der Waals surface area contributed by atoms with Crippen molar-refractivity contribution in [2.45, 2.75) is 23.8 Å². The predicted molar refractivity (Wildman–Crippen MR) is 69.9 cm³/mol. The zero-order valence-electron chi connectivity index (χ0n) is 9.77. The molecule has 4 nitrogen and oxygen atoms in total. The molecule has 1 aromatic carbocycles. The Morgan fingerprint density at radius 3 is 2.47 bits per heavy atom. The summed E-state index contributed by atoms with van der Waals surface area (Å²) in [5, 5.41) is 0.914. The summed E-state index contributed by atoms with van der Waals surface area (Å²) in [5.41, 5.74) is 4.77. The first kappa shape index (κ1) is 11.9. The topological polar surface area (TPSA) is 63.8 Å². The third-order valence-corrected chi connectivity index (χ3v) is 3.52. The van der Waals surface area contributed by atoms with Gasteiger partial charge in [0.1, 0.15) is 17.2 Å². The van der Waals surface area contributed by atoms with Gasteiger partial charge in [-0.2, -0.15) is 0 Å². The first-order valence-corrected chi connectivity index (χ1v) is 6.05. The van der Waals surface area contributed by atoms with Crippen LogP contribution in [0.2, 0.25) is 0 Å². The van der Waals surface area contributed by atoms with Gasteiger partial charge in [0, 0.05) is 10.5 Å². The lowest BCUT2D eigenvalue weighted by molar-refractivity contribution is 0.996. The molecular weight excluding hydrogens is 232 g/mol. The van der Waals surface area contributed by atoms with E-state index in [0.717, 1.165) is 15.5 Å². The van der Waals surface area contributed by atoms with Gasteiger partial charge in [-0.15, -0.1) is 0 Å². The van der Waals surface area contributed by atoms with Crippen LogP contribution in [-0.4, -0.2) is 9.97 Å². The van der Waals surface area contributed by atoms with Gasteiger partial charge in [0.15, 0.2) is 0 Å². The highest BCUT2D eigenvalue weighted by Gasteiger charge is 2.07. The Morgan fingerprint density at radius 2 is 1.82 bits per heavy atom. The SMILES string of the molecule is Cc1ccc(Sc2ncnc(NN)c2C)cc1. The summed E-state index contributed by atoms with van der Waals surface area (Å²) in [6.07, 6.45) is 1.51. The number of anilines is 1. The Balaban J connectivity index is 2.27. The number of nitrogens with zero attached hydrogens (tertiary/aromatic N) is 2. The molecule has 0 spiro atoms. The van der Waals surface area contributed by atoms with Crippen LogP contribution in [0.25, 0.3) is 0 Å². The van der Waals surface area contributed by atoms with E-state index >= 15 is 0 Å². The molecule has 0 aliphatic heterocycles. The van der Waals surface area contributed by atoms with Crippen molar-refractivity contribution in [2.24, 2.45) is 5.84 Å². The van der Waals surface area contributed by atoms with Crippen molar-refractivity contribution in [3.63, 3.8) is 0 Å². The highest BCUT2D eigenvalue weighted by molar-refractivity contribution is 7.99. The number of benzene rings is 1. The van der Waals surface area contributed by atoms with Gasteiger partial charge in [-0.05, 0) is 26.0 Å². The summed E-state index contributed by atoms with van der Waals surface area (Å²) in [4.78, 5) is 9.47. The van der Waals surface area contributed by atoms with Crippen molar-refractivity contribution in [2.75, 3.05) is 5.43 Å². The maximum Gasteiger partial charge on any atom is 0.147 e. The van der Waals surface area contributed by atoms with E-state index in [2.05, 4.69) is 46.6 Å². The monoisotopic (exact) mass is 246 g/mol. The van der Waals surface area contributed by atoms with Crippen molar-refractivity contribution < 1.29 is 0 Å². The number of nitrogens with two attached hydrogens (primary N) is 1. The average molecular weight is 246 g/mol. The smallest absolute Gasteiger partial charge is 0.147 e. The van der Waals surface area contributed by atoms with E-state index < -0.39 is 0 Å². The number of aromatic nitrogens is 2. The van der Waals surface area contributed by atoms with Gasteiger partial charge in [0.25, 0.3) is 0 Å². The van der Waals surface area contributed by atoms with Gasteiger partial charge in [0.2, 0.25) is 0 Å². The van der Waals surface area contributed by atoms with Gasteiger partial charge in [-0.3, -0.25) is 0 Å². The van der Waals surface area contributed by atoms with Gasteiger partial charge in [0.05, 0.1) is 0 Å². The fourth-order valence-electron chi connectivity index (χ4n) is 1.40. The number of rotatable bonds is 3.